The van der Waals surface area contributed by atoms with Gasteiger partial charge in [0, 0.05) is 105 Å². The van der Waals surface area contributed by atoms with Crippen molar-refractivity contribution in [2.75, 3.05) is 26.4 Å². The fourth-order valence-electron chi connectivity index (χ4n) is 14.7. The molecule has 2 aromatic rings. The van der Waals surface area contributed by atoms with Crippen molar-refractivity contribution in [1.29, 1.82) is 0 Å². The van der Waals surface area contributed by atoms with Crippen LogP contribution in [0.1, 0.15) is 132 Å². The molecular formula is C68H103Cl2N15O20S4. The minimum atomic E-state index is -1.33. The summed E-state index contributed by atoms with van der Waals surface area (Å²) in [6.07, 6.45) is -3.71. The Morgan fingerprint density at radius 2 is 0.945 bits per heavy atom. The highest BCUT2D eigenvalue weighted by Crippen LogP contribution is 2.46. The number of nitrogens with zero attached hydrogens (tertiary/aromatic N) is 12. The molecule has 0 radical (unpaired) electrons. The van der Waals surface area contributed by atoms with Crippen molar-refractivity contribution in [2.24, 2.45) is 55.6 Å². The highest BCUT2D eigenvalue weighted by molar-refractivity contribution is 8.01. The normalized spacial score (nSPS) is 39.2. The number of aliphatic hydroxyl groups excluding tert-OH is 12. The monoisotopic (exact) mass is 1650 g/mol. The molecule has 10 rings (SSSR count). The maximum Gasteiger partial charge on any atom is 0.302 e. The summed E-state index contributed by atoms with van der Waals surface area (Å²) in [6, 6.07) is 9.20. The van der Waals surface area contributed by atoms with E-state index in [1.54, 1.807) is 60.3 Å². The lowest BCUT2D eigenvalue weighted by molar-refractivity contribution is -0.181. The second-order valence-corrected chi connectivity index (χ2v) is 34.7. The molecule has 41 heteroatoms. The molecule has 4 aliphatic heterocycles. The van der Waals surface area contributed by atoms with Gasteiger partial charge in [0.2, 0.25) is 0 Å². The number of Topliss-reactive ketones (excluding diaryl/α,β-unsaturated/α-hetero) is 1. The number of halogens is 2. The van der Waals surface area contributed by atoms with Gasteiger partial charge in [-0.2, -0.15) is 0 Å². The van der Waals surface area contributed by atoms with Crippen LogP contribution < -0.4 is 16.8 Å². The maximum absolute atomic E-state index is 12.9. The predicted octanol–water partition coefficient (Wildman–Crippen LogP) is 6.05. The zero-order chi connectivity index (χ0) is 79.9. The smallest absolute Gasteiger partial charge is 0.302 e. The summed E-state index contributed by atoms with van der Waals surface area (Å²) in [6.45, 7) is 6.27. The van der Waals surface area contributed by atoms with E-state index in [-0.39, 0.29) is 100 Å². The van der Waals surface area contributed by atoms with Crippen LogP contribution >= 0.6 is 70.2 Å². The third-order valence-corrected chi connectivity index (χ3v) is 28.2. The molecule has 109 heavy (non-hydrogen) atoms. The first-order valence-corrected chi connectivity index (χ1v) is 40.9. The van der Waals surface area contributed by atoms with E-state index in [0.717, 1.165) is 63.1 Å². The number of amides is 1. The van der Waals surface area contributed by atoms with Crippen molar-refractivity contribution in [3.8, 4) is 0 Å². The van der Waals surface area contributed by atoms with Gasteiger partial charge in [0.15, 0.2) is 5.78 Å². The molecule has 4 heterocycles. The lowest BCUT2D eigenvalue weighted by Gasteiger charge is -2.45. The molecule has 0 spiro atoms. The van der Waals surface area contributed by atoms with Crippen molar-refractivity contribution >= 4 is 87.9 Å². The number of carbonyl (C=O) groups is 3. The highest BCUT2D eigenvalue weighted by atomic mass is 35.5. The molecule has 35 nitrogen and oxygen atoms in total. The number of benzene rings is 2. The van der Waals surface area contributed by atoms with Crippen molar-refractivity contribution in [3.63, 3.8) is 0 Å². The predicted molar refractivity (Wildman–Crippen MR) is 409 cm³/mol. The van der Waals surface area contributed by atoms with Crippen molar-refractivity contribution < 1.29 is 99.3 Å². The molecule has 2 aromatic carbocycles. The molecule has 4 saturated carbocycles. The number of hydrogen-bond acceptors (Lipinski definition) is 30. The number of ketones is 1. The number of nitrogens with one attached hydrogen (secondary N) is 1. The number of esters is 1. The fraction of sp³-hybridized carbons (Fsp3) is 0.779. The van der Waals surface area contributed by atoms with Crippen LogP contribution in [-0.4, -0.2) is 270 Å². The first-order chi connectivity index (χ1) is 52.0. The summed E-state index contributed by atoms with van der Waals surface area (Å²) >= 11 is 17.1. The number of thioether (sulfide) groups is 4. The lowest BCUT2D eigenvalue weighted by atomic mass is 9.84. The average molecular weight is 1650 g/mol. The van der Waals surface area contributed by atoms with Gasteiger partial charge in [-0.15, -0.1) is 47.0 Å². The summed E-state index contributed by atoms with van der Waals surface area (Å²) < 4.78 is 28.3. The van der Waals surface area contributed by atoms with Gasteiger partial charge in [0.25, 0.3) is 5.91 Å². The van der Waals surface area contributed by atoms with E-state index < -0.39 is 133 Å². The van der Waals surface area contributed by atoms with E-state index in [2.05, 4.69) is 52.3 Å². The fourth-order valence-corrected chi connectivity index (χ4v) is 21.3. The van der Waals surface area contributed by atoms with Crippen LogP contribution in [0.15, 0.2) is 69.0 Å². The van der Waals surface area contributed by atoms with Crippen molar-refractivity contribution in [1.82, 2.24) is 5.32 Å². The van der Waals surface area contributed by atoms with Gasteiger partial charge in [-0.25, -0.2) is 0 Å². The molecule has 4 saturated heterocycles. The van der Waals surface area contributed by atoms with Gasteiger partial charge < -0.3 is 102 Å². The van der Waals surface area contributed by atoms with Gasteiger partial charge in [0.1, 0.15) is 65.0 Å². The first-order valence-electron chi connectivity index (χ1n) is 36.4. The molecule has 32 atom stereocenters. The van der Waals surface area contributed by atoms with Gasteiger partial charge in [-0.1, -0.05) is 90.1 Å². The van der Waals surface area contributed by atoms with Crippen molar-refractivity contribution in [2.45, 2.75) is 276 Å². The summed E-state index contributed by atoms with van der Waals surface area (Å²) in [5.74, 6) is -1.62. The number of azide groups is 4. The Morgan fingerprint density at radius 1 is 0.495 bits per heavy atom. The van der Waals surface area contributed by atoms with Crippen LogP contribution in [-0.2, 0) is 28.5 Å². The van der Waals surface area contributed by atoms with E-state index in [0.29, 0.717) is 52.1 Å². The van der Waals surface area contributed by atoms with E-state index in [1.165, 1.54) is 30.4 Å². The maximum atomic E-state index is 12.9. The molecule has 1 amide bonds. The summed E-state index contributed by atoms with van der Waals surface area (Å²) in [5.41, 5.74) is 44.7. The SMILES string of the molecule is CC(=O)OCC1O[C@@H](S[C@@H]2CCCC(N=[N+]=[N-])C2C)C(C)[C@@H](N=[N+]=[N-])[C@H]1C.NC1CCC[C@@H](S[C@@H]2OC(CO)[C@H](O)[C@H](N)C2O)C1O.O=C(C[C@@H]1C(O)[C@H](S[C@@H]2CCCC(NC(=O)c3ccc(Cl)cc3)C2O)OC(CO)[C@@H]1O)c1ccc(Cl)cc1.[N-]=[N+]=NC1CCC[C@@H](S[C@@H]2OC(CO)[C@H](O)[C@H](N=[N+]=[N-])C2O)C1O. The first kappa shape index (κ1) is 91.7. The molecule has 16 unspecified atom stereocenters. The zero-order valence-corrected chi connectivity index (χ0v) is 65.4. The molecule has 8 aliphatic rings. The van der Waals surface area contributed by atoms with Gasteiger partial charge >= 0.3 is 5.97 Å². The van der Waals surface area contributed by atoms with E-state index in [4.69, 9.17) is 80.5 Å². The number of nitrogens with two attached hydrogens (primary N) is 2. The Balaban J connectivity index is 0.000000208. The van der Waals surface area contributed by atoms with Crippen molar-refractivity contribution in [3.05, 3.63) is 111 Å². The second-order valence-electron chi connectivity index (χ2n) is 28.5. The van der Waals surface area contributed by atoms with Crippen LogP contribution in [0.4, 0.5) is 0 Å². The highest BCUT2D eigenvalue weighted by Gasteiger charge is 2.51. The molecule has 0 aromatic heterocycles. The van der Waals surface area contributed by atoms with Gasteiger partial charge in [-0.3, -0.25) is 14.4 Å². The van der Waals surface area contributed by atoms with Crippen LogP contribution in [0.3, 0.4) is 0 Å². The summed E-state index contributed by atoms with van der Waals surface area (Å²) in [4.78, 5) is 48.1. The molecule has 8 fully saturated rings. The second kappa shape index (κ2) is 45.0. The van der Waals surface area contributed by atoms with Crippen LogP contribution in [0.2, 0.25) is 10.0 Å². The number of rotatable bonds is 22. The number of hydrogen-bond donors (Lipinski definition) is 15. The minimum Gasteiger partial charge on any atom is -0.463 e. The molecule has 17 N–H and O–H groups in total. The van der Waals surface area contributed by atoms with Crippen LogP contribution in [0.5, 0.6) is 0 Å². The number of carbonyl (C=O) groups excluding carboxylic acids is 3. The Kier molecular flexibility index (Phi) is 37.9. The molecular weight excluding hydrogens is 1550 g/mol. The number of ether oxygens (including phenoxy) is 5. The zero-order valence-electron chi connectivity index (χ0n) is 60.7. The Hall–Kier alpha value is -4.45. The largest absolute Gasteiger partial charge is 0.463 e. The third kappa shape index (κ3) is 25.0. The Bertz CT molecular complexity index is 3410. The standard InChI is InChI=1S/C27H31Cl2NO7S.C17H28N6O3S.C12H20N6O5S.C12H24N2O5S/c28-16-8-4-14(5-9-16)20(32)12-18-23(33)21(13-31)37-27(24(18)34)38-22-3-1-2-19(25(22)35)30-26(36)15-6-10-17(29)11-7-15;1-9-13(20-22-18)6-5-7-15(9)27-17-11(3)16(21-23-19)10(2)14(26-17)8-25-12(4)24;13-17-15-5-2-1-3-7(9(5)20)24-12-11(22)8(16-18-14)10(21)6(4-19)23-12;13-5-2-1-3-7(9(5)16)20-12-11(18)8(14)10(17)6(4-15)19-12/h4-11,18-19,21-25,27,31,33-35H,1-3,12-13H2,(H,30,36);9-11,13-17H,5-8H2,1-4H3;5-12,19-22H,1-4H2;5-12,15-18H,1-4,13-14H2/t18-,19?,21?,22+,23+,24?,25?,27-;9?,10-,11?,13?,14?,15+,16-,17-;2*5?,6?,7-,8+,9?,10+,11?,12+/m0011/s1. The van der Waals surface area contributed by atoms with Crippen LogP contribution in [0, 0.1) is 23.7 Å². The third-order valence-electron chi connectivity index (χ3n) is 21.3. The lowest BCUT2D eigenvalue weighted by Crippen LogP contribution is -2.62. The number of aliphatic hydroxyl groups is 12. The molecule has 0 bridgehead atoms. The van der Waals surface area contributed by atoms with Crippen LogP contribution in [0.25, 0.3) is 41.8 Å². The quantitative estimate of drug-likeness (QED) is 0.0210. The minimum absolute atomic E-state index is 0.00356. The van der Waals surface area contributed by atoms with E-state index >= 15 is 0 Å². The molecule has 4 aliphatic carbocycles. The van der Waals surface area contributed by atoms with E-state index in [9.17, 15) is 75.7 Å². The summed E-state index contributed by atoms with van der Waals surface area (Å²) in [7, 11) is 0. The van der Waals surface area contributed by atoms with E-state index in [1.807, 2.05) is 13.8 Å². The summed E-state index contributed by atoms with van der Waals surface area (Å²) in [5, 5.41) is 140. The van der Waals surface area contributed by atoms with Gasteiger partial charge in [0.05, 0.1) is 86.7 Å². The molecule has 608 valence electrons. The van der Waals surface area contributed by atoms with Gasteiger partial charge in [-0.05, 0) is 134 Å². The Labute approximate surface area is 657 Å². The Morgan fingerprint density at radius 3 is 1.50 bits per heavy atom. The topological polar surface area (TPSA) is 599 Å². The average Bonchev–Trinajstić information content (AvgIpc) is 0.854.